The fourth-order valence-corrected chi connectivity index (χ4v) is 4.33. The number of nitrogens with zero attached hydrogens (tertiary/aromatic N) is 1. The Hall–Kier alpha value is -0.290. The van der Waals surface area contributed by atoms with Crippen LogP contribution in [0.4, 0.5) is 0 Å². The molecule has 18 heavy (non-hydrogen) atoms. The topological polar surface area (TPSA) is 37.4 Å². The highest BCUT2D eigenvalue weighted by Gasteiger charge is 2.37. The first-order valence-corrected chi connectivity index (χ1v) is 8.22. The molecule has 0 aliphatic heterocycles. The Morgan fingerprint density at radius 3 is 2.56 bits per heavy atom. The molecule has 1 fully saturated rings. The lowest BCUT2D eigenvalue weighted by molar-refractivity contribution is 0.421. The van der Waals surface area contributed by atoms with E-state index in [1.807, 2.05) is 6.92 Å². The highest BCUT2D eigenvalue weighted by atomic mass is 35.5. The summed E-state index contributed by atoms with van der Waals surface area (Å²) in [5.41, 5.74) is 0.756. The van der Waals surface area contributed by atoms with Gasteiger partial charge < -0.3 is 0 Å². The third kappa shape index (κ3) is 2.67. The van der Waals surface area contributed by atoms with E-state index in [1.54, 1.807) is 18.2 Å². The molecule has 0 aromatic heterocycles. The van der Waals surface area contributed by atoms with Crippen molar-refractivity contribution in [1.82, 2.24) is 4.31 Å². The maximum atomic E-state index is 12.5. The molecule has 2 rings (SSSR count). The van der Waals surface area contributed by atoms with Gasteiger partial charge in [-0.15, -0.1) is 11.6 Å². The first-order valence-electron chi connectivity index (χ1n) is 5.87. The van der Waals surface area contributed by atoms with Crippen molar-refractivity contribution in [2.75, 3.05) is 6.54 Å². The second kappa shape index (κ2) is 5.37. The van der Waals surface area contributed by atoms with Gasteiger partial charge in [0, 0.05) is 18.5 Å². The monoisotopic (exact) mass is 307 g/mol. The van der Waals surface area contributed by atoms with Gasteiger partial charge in [-0.3, -0.25) is 0 Å². The molecule has 0 spiro atoms. The molecule has 0 unspecified atom stereocenters. The third-order valence-corrected chi connectivity index (χ3v) is 5.82. The standard InChI is InChI=1S/C12H15Cl2NO2S/c1-2-15(10-4-5-10)18(16,17)12-7-9(8-13)3-6-11(12)14/h3,6-7,10H,2,4-5,8H2,1H3. The Morgan fingerprint density at radius 2 is 2.06 bits per heavy atom. The second-order valence-electron chi connectivity index (χ2n) is 4.34. The Morgan fingerprint density at radius 1 is 1.39 bits per heavy atom. The van der Waals surface area contributed by atoms with Crippen molar-refractivity contribution in [2.24, 2.45) is 0 Å². The van der Waals surface area contributed by atoms with Crippen molar-refractivity contribution in [3.8, 4) is 0 Å². The predicted molar refractivity (Wildman–Crippen MR) is 73.6 cm³/mol. The van der Waals surface area contributed by atoms with Crippen LogP contribution < -0.4 is 0 Å². The minimum atomic E-state index is -3.51. The van der Waals surface area contributed by atoms with Crippen molar-refractivity contribution >= 4 is 33.2 Å². The largest absolute Gasteiger partial charge is 0.244 e. The van der Waals surface area contributed by atoms with Gasteiger partial charge in [-0.25, -0.2) is 8.42 Å². The fourth-order valence-electron chi connectivity index (χ4n) is 1.94. The van der Waals surface area contributed by atoms with E-state index in [0.717, 1.165) is 18.4 Å². The molecule has 3 nitrogen and oxygen atoms in total. The first kappa shape index (κ1) is 14.1. The average Bonchev–Trinajstić information content (AvgIpc) is 3.14. The molecule has 1 saturated carbocycles. The van der Waals surface area contributed by atoms with E-state index in [4.69, 9.17) is 23.2 Å². The SMILES string of the molecule is CCN(C1CC1)S(=O)(=O)c1cc(CCl)ccc1Cl. The molecule has 0 heterocycles. The zero-order chi connectivity index (χ0) is 13.3. The second-order valence-corrected chi connectivity index (χ2v) is 6.87. The van der Waals surface area contributed by atoms with Crippen LogP contribution in [0.5, 0.6) is 0 Å². The number of alkyl halides is 1. The maximum Gasteiger partial charge on any atom is 0.244 e. The summed E-state index contributed by atoms with van der Waals surface area (Å²) in [6.07, 6.45) is 1.86. The molecule has 1 aromatic carbocycles. The molecule has 0 atom stereocenters. The lowest BCUT2D eigenvalue weighted by Gasteiger charge is -2.21. The van der Waals surface area contributed by atoms with Crippen LogP contribution >= 0.6 is 23.2 Å². The van der Waals surface area contributed by atoms with E-state index in [0.29, 0.717) is 6.54 Å². The van der Waals surface area contributed by atoms with E-state index in [2.05, 4.69) is 0 Å². The molecule has 0 saturated heterocycles. The van der Waals surface area contributed by atoms with E-state index in [-0.39, 0.29) is 21.8 Å². The molecule has 0 radical (unpaired) electrons. The quantitative estimate of drug-likeness (QED) is 0.783. The van der Waals surface area contributed by atoms with Gasteiger partial charge >= 0.3 is 0 Å². The number of sulfonamides is 1. The molecule has 1 aliphatic rings. The first-order chi connectivity index (χ1) is 8.50. The molecule has 0 N–H and O–H groups in total. The minimum absolute atomic E-state index is 0.135. The Labute approximate surface area is 118 Å². The Bertz CT molecular complexity index is 541. The number of benzene rings is 1. The molecular weight excluding hydrogens is 293 g/mol. The number of hydrogen-bond acceptors (Lipinski definition) is 2. The smallest absolute Gasteiger partial charge is 0.207 e. The third-order valence-electron chi connectivity index (χ3n) is 3.00. The molecule has 0 amide bonds. The lowest BCUT2D eigenvalue weighted by atomic mass is 10.2. The summed E-state index contributed by atoms with van der Waals surface area (Å²) in [5, 5.41) is 0.253. The number of hydrogen-bond donors (Lipinski definition) is 0. The van der Waals surface area contributed by atoms with Crippen molar-refractivity contribution in [1.29, 1.82) is 0 Å². The van der Waals surface area contributed by atoms with Crippen LogP contribution in [0.1, 0.15) is 25.3 Å². The van der Waals surface area contributed by atoms with E-state index >= 15 is 0 Å². The predicted octanol–water partition coefficient (Wildman–Crippen LogP) is 3.25. The van der Waals surface area contributed by atoms with Crippen LogP contribution in [0, 0.1) is 0 Å². The van der Waals surface area contributed by atoms with Crippen LogP contribution in [0.15, 0.2) is 23.1 Å². The zero-order valence-corrected chi connectivity index (χ0v) is 12.4. The molecule has 1 aromatic rings. The summed E-state index contributed by atoms with van der Waals surface area (Å²) in [5.74, 6) is 0.273. The van der Waals surface area contributed by atoms with Crippen molar-refractivity contribution in [3.63, 3.8) is 0 Å². The summed E-state index contributed by atoms with van der Waals surface area (Å²) in [6.45, 7) is 2.31. The van der Waals surface area contributed by atoms with Crippen molar-refractivity contribution < 1.29 is 8.42 Å². The normalized spacial score (nSPS) is 16.2. The summed E-state index contributed by atoms with van der Waals surface area (Å²) >= 11 is 11.8. The summed E-state index contributed by atoms with van der Waals surface area (Å²) in [7, 11) is -3.51. The van der Waals surface area contributed by atoms with Crippen LogP contribution in [0.25, 0.3) is 0 Å². The summed E-state index contributed by atoms with van der Waals surface area (Å²) in [4.78, 5) is 0.163. The van der Waals surface area contributed by atoms with Gasteiger partial charge in [0.1, 0.15) is 4.90 Å². The molecular formula is C12H15Cl2NO2S. The van der Waals surface area contributed by atoms with E-state index in [9.17, 15) is 8.42 Å². The van der Waals surface area contributed by atoms with E-state index < -0.39 is 10.0 Å². The molecule has 100 valence electrons. The number of halogens is 2. The van der Waals surface area contributed by atoms with Gasteiger partial charge in [0.05, 0.1) is 5.02 Å². The van der Waals surface area contributed by atoms with Crippen LogP contribution in [-0.2, 0) is 15.9 Å². The molecule has 1 aliphatic carbocycles. The van der Waals surface area contributed by atoms with Gasteiger partial charge in [-0.2, -0.15) is 4.31 Å². The fraction of sp³-hybridized carbons (Fsp3) is 0.500. The van der Waals surface area contributed by atoms with Gasteiger partial charge in [0.15, 0.2) is 0 Å². The maximum absolute atomic E-state index is 12.5. The number of rotatable bonds is 5. The average molecular weight is 308 g/mol. The van der Waals surface area contributed by atoms with E-state index in [1.165, 1.54) is 4.31 Å². The van der Waals surface area contributed by atoms with Gasteiger partial charge in [0.2, 0.25) is 10.0 Å². The molecule has 0 bridgehead atoms. The lowest BCUT2D eigenvalue weighted by Crippen LogP contribution is -2.33. The Kier molecular flexibility index (Phi) is 4.22. The minimum Gasteiger partial charge on any atom is -0.207 e. The highest BCUT2D eigenvalue weighted by molar-refractivity contribution is 7.89. The van der Waals surface area contributed by atoms with Crippen molar-refractivity contribution in [2.45, 2.75) is 36.6 Å². The summed E-state index contributed by atoms with van der Waals surface area (Å²) in [6, 6.07) is 5.03. The zero-order valence-electron chi connectivity index (χ0n) is 10.1. The van der Waals surface area contributed by atoms with Gasteiger partial charge in [-0.05, 0) is 30.5 Å². The summed E-state index contributed by atoms with van der Waals surface area (Å²) < 4.78 is 26.6. The molecule has 6 heteroatoms. The highest BCUT2D eigenvalue weighted by Crippen LogP contribution is 2.34. The van der Waals surface area contributed by atoms with Crippen LogP contribution in [0.3, 0.4) is 0 Å². The Balaban J connectivity index is 2.45. The van der Waals surface area contributed by atoms with Crippen LogP contribution in [0.2, 0.25) is 5.02 Å². The van der Waals surface area contributed by atoms with Gasteiger partial charge in [0.25, 0.3) is 0 Å². The van der Waals surface area contributed by atoms with Gasteiger partial charge in [-0.1, -0.05) is 24.6 Å². The van der Waals surface area contributed by atoms with Crippen molar-refractivity contribution in [3.05, 3.63) is 28.8 Å². The van der Waals surface area contributed by atoms with Crippen LogP contribution in [-0.4, -0.2) is 25.3 Å².